The SMILES string of the molecule is CCC(Nc1ccc(F)cc1C#N)c1ccc(Cl)cc1. The average molecular weight is 289 g/mol. The third-order valence-electron chi connectivity index (χ3n) is 3.11. The van der Waals surface area contributed by atoms with Gasteiger partial charge in [-0.2, -0.15) is 5.26 Å². The Balaban J connectivity index is 2.27. The summed E-state index contributed by atoms with van der Waals surface area (Å²) in [5.41, 5.74) is 2.01. The Hall–Kier alpha value is -2.05. The van der Waals surface area contributed by atoms with Crippen LogP contribution in [0.15, 0.2) is 42.5 Å². The smallest absolute Gasteiger partial charge is 0.124 e. The molecule has 2 aromatic rings. The minimum absolute atomic E-state index is 0.0461. The molecule has 4 heteroatoms. The molecule has 0 aromatic heterocycles. The second kappa shape index (κ2) is 6.40. The van der Waals surface area contributed by atoms with E-state index in [1.54, 1.807) is 6.07 Å². The van der Waals surface area contributed by atoms with Crippen molar-refractivity contribution in [3.05, 3.63) is 64.4 Å². The number of nitrogens with one attached hydrogen (secondary N) is 1. The first-order chi connectivity index (χ1) is 9.63. The Labute approximate surface area is 122 Å². The monoisotopic (exact) mass is 288 g/mol. The van der Waals surface area contributed by atoms with Crippen LogP contribution in [0.25, 0.3) is 0 Å². The van der Waals surface area contributed by atoms with Crippen LogP contribution in [-0.2, 0) is 0 Å². The molecule has 2 aromatic carbocycles. The zero-order chi connectivity index (χ0) is 14.5. The lowest BCUT2D eigenvalue weighted by atomic mass is 10.0. The van der Waals surface area contributed by atoms with Crippen LogP contribution >= 0.6 is 11.6 Å². The zero-order valence-electron chi connectivity index (χ0n) is 11.0. The molecule has 0 spiro atoms. The molecule has 1 unspecified atom stereocenters. The third-order valence-corrected chi connectivity index (χ3v) is 3.36. The van der Waals surface area contributed by atoms with Gasteiger partial charge < -0.3 is 5.32 Å². The molecule has 0 aliphatic carbocycles. The van der Waals surface area contributed by atoms with Gasteiger partial charge in [-0.15, -0.1) is 0 Å². The maximum atomic E-state index is 13.1. The van der Waals surface area contributed by atoms with Crippen molar-refractivity contribution in [2.75, 3.05) is 5.32 Å². The number of halogens is 2. The van der Waals surface area contributed by atoms with Gasteiger partial charge in [0.1, 0.15) is 11.9 Å². The number of rotatable bonds is 4. The Morgan fingerprint density at radius 1 is 1.25 bits per heavy atom. The van der Waals surface area contributed by atoms with Crippen molar-refractivity contribution in [2.24, 2.45) is 0 Å². The van der Waals surface area contributed by atoms with E-state index in [0.717, 1.165) is 12.0 Å². The van der Waals surface area contributed by atoms with Crippen molar-refractivity contribution < 1.29 is 4.39 Å². The first-order valence-electron chi connectivity index (χ1n) is 6.35. The van der Waals surface area contributed by atoms with Crippen LogP contribution in [0, 0.1) is 17.1 Å². The van der Waals surface area contributed by atoms with Gasteiger partial charge in [-0.05, 0) is 42.3 Å². The van der Waals surface area contributed by atoms with E-state index in [2.05, 4.69) is 5.32 Å². The van der Waals surface area contributed by atoms with Gasteiger partial charge in [0, 0.05) is 5.02 Å². The van der Waals surface area contributed by atoms with Crippen molar-refractivity contribution in [3.8, 4) is 6.07 Å². The van der Waals surface area contributed by atoms with Crippen molar-refractivity contribution in [1.82, 2.24) is 0 Å². The highest BCUT2D eigenvalue weighted by Crippen LogP contribution is 2.26. The summed E-state index contributed by atoms with van der Waals surface area (Å²) in [6.07, 6.45) is 0.837. The van der Waals surface area contributed by atoms with E-state index < -0.39 is 5.82 Å². The summed E-state index contributed by atoms with van der Waals surface area (Å²) >= 11 is 5.88. The van der Waals surface area contributed by atoms with E-state index in [1.807, 2.05) is 37.3 Å². The molecule has 1 atom stereocenters. The van der Waals surface area contributed by atoms with Crippen LogP contribution in [0.1, 0.15) is 30.5 Å². The fraction of sp³-hybridized carbons (Fsp3) is 0.188. The molecular weight excluding hydrogens is 275 g/mol. The summed E-state index contributed by atoms with van der Waals surface area (Å²) in [7, 11) is 0. The summed E-state index contributed by atoms with van der Waals surface area (Å²) in [5.74, 6) is -0.411. The molecule has 0 saturated heterocycles. The lowest BCUT2D eigenvalue weighted by molar-refractivity contribution is 0.627. The minimum atomic E-state index is -0.411. The highest BCUT2D eigenvalue weighted by atomic mass is 35.5. The fourth-order valence-electron chi connectivity index (χ4n) is 2.04. The van der Waals surface area contributed by atoms with Gasteiger partial charge in [0.15, 0.2) is 0 Å². The van der Waals surface area contributed by atoms with E-state index >= 15 is 0 Å². The van der Waals surface area contributed by atoms with Crippen LogP contribution in [0.3, 0.4) is 0 Å². The van der Waals surface area contributed by atoms with Gasteiger partial charge in [-0.1, -0.05) is 30.7 Å². The van der Waals surface area contributed by atoms with E-state index in [1.165, 1.54) is 12.1 Å². The van der Waals surface area contributed by atoms with Crippen LogP contribution in [0.4, 0.5) is 10.1 Å². The predicted molar refractivity (Wildman–Crippen MR) is 79.2 cm³/mol. The number of hydrogen-bond acceptors (Lipinski definition) is 2. The van der Waals surface area contributed by atoms with Crippen molar-refractivity contribution >= 4 is 17.3 Å². The molecule has 2 rings (SSSR count). The fourth-order valence-corrected chi connectivity index (χ4v) is 2.16. The van der Waals surface area contributed by atoms with Gasteiger partial charge in [-0.25, -0.2) is 4.39 Å². The molecule has 0 fully saturated rings. The standard InChI is InChI=1S/C16H14ClFN2/c1-2-15(11-3-5-13(17)6-4-11)20-16-8-7-14(18)9-12(16)10-19/h3-9,15,20H,2H2,1H3. The Morgan fingerprint density at radius 2 is 1.95 bits per heavy atom. The van der Waals surface area contributed by atoms with Crippen LogP contribution in [0.5, 0.6) is 0 Å². The second-order valence-electron chi connectivity index (χ2n) is 4.46. The lowest BCUT2D eigenvalue weighted by Gasteiger charge is -2.19. The number of anilines is 1. The normalized spacial score (nSPS) is 11.7. The van der Waals surface area contributed by atoms with Gasteiger partial charge in [0.05, 0.1) is 17.3 Å². The molecule has 2 nitrogen and oxygen atoms in total. The van der Waals surface area contributed by atoms with Crippen molar-refractivity contribution in [2.45, 2.75) is 19.4 Å². The first kappa shape index (κ1) is 14.4. The van der Waals surface area contributed by atoms with Crippen molar-refractivity contribution in [1.29, 1.82) is 5.26 Å². The molecule has 1 N–H and O–H groups in total. The Morgan fingerprint density at radius 3 is 2.55 bits per heavy atom. The maximum absolute atomic E-state index is 13.1. The molecule has 0 heterocycles. The second-order valence-corrected chi connectivity index (χ2v) is 4.89. The third kappa shape index (κ3) is 3.28. The van der Waals surface area contributed by atoms with Crippen LogP contribution < -0.4 is 5.32 Å². The maximum Gasteiger partial charge on any atom is 0.124 e. The van der Waals surface area contributed by atoms with E-state index in [4.69, 9.17) is 16.9 Å². The largest absolute Gasteiger partial charge is 0.377 e. The number of nitriles is 1. The van der Waals surface area contributed by atoms with Gasteiger partial charge in [0.2, 0.25) is 0 Å². The van der Waals surface area contributed by atoms with E-state index in [0.29, 0.717) is 16.3 Å². The first-order valence-corrected chi connectivity index (χ1v) is 6.73. The van der Waals surface area contributed by atoms with E-state index in [-0.39, 0.29) is 6.04 Å². The zero-order valence-corrected chi connectivity index (χ0v) is 11.8. The molecule has 0 aliphatic rings. The summed E-state index contributed by atoms with van der Waals surface area (Å²) in [6, 6.07) is 13.8. The number of nitrogens with zero attached hydrogens (tertiary/aromatic N) is 1. The average Bonchev–Trinajstić information content (AvgIpc) is 2.47. The minimum Gasteiger partial charge on any atom is -0.377 e. The van der Waals surface area contributed by atoms with Crippen LogP contribution in [-0.4, -0.2) is 0 Å². The number of hydrogen-bond donors (Lipinski definition) is 1. The predicted octanol–water partition coefficient (Wildman–Crippen LogP) is 4.91. The highest BCUT2D eigenvalue weighted by Gasteiger charge is 2.12. The highest BCUT2D eigenvalue weighted by molar-refractivity contribution is 6.30. The molecule has 0 bridgehead atoms. The summed E-state index contributed by atoms with van der Waals surface area (Å²) in [5, 5.41) is 13.0. The molecule has 0 radical (unpaired) electrons. The van der Waals surface area contributed by atoms with Gasteiger partial charge >= 0.3 is 0 Å². The summed E-state index contributed by atoms with van der Waals surface area (Å²) < 4.78 is 13.1. The summed E-state index contributed by atoms with van der Waals surface area (Å²) in [4.78, 5) is 0. The summed E-state index contributed by atoms with van der Waals surface area (Å²) in [6.45, 7) is 2.04. The molecule has 0 saturated carbocycles. The molecule has 102 valence electrons. The Bertz CT molecular complexity index is 632. The van der Waals surface area contributed by atoms with Gasteiger partial charge in [0.25, 0.3) is 0 Å². The van der Waals surface area contributed by atoms with Crippen molar-refractivity contribution in [3.63, 3.8) is 0 Å². The van der Waals surface area contributed by atoms with Crippen LogP contribution in [0.2, 0.25) is 5.02 Å². The van der Waals surface area contributed by atoms with E-state index in [9.17, 15) is 4.39 Å². The number of benzene rings is 2. The quantitative estimate of drug-likeness (QED) is 0.867. The molecule has 20 heavy (non-hydrogen) atoms. The van der Waals surface area contributed by atoms with Gasteiger partial charge in [-0.3, -0.25) is 0 Å². The molecular formula is C16H14ClFN2. The Kier molecular flexibility index (Phi) is 4.60. The topological polar surface area (TPSA) is 35.8 Å². The molecule has 0 aliphatic heterocycles. The lowest BCUT2D eigenvalue weighted by Crippen LogP contribution is -2.10. The molecule has 0 amide bonds.